The second kappa shape index (κ2) is 4.86. The fourth-order valence-corrected chi connectivity index (χ4v) is 3.56. The highest BCUT2D eigenvalue weighted by Gasteiger charge is 2.36. The fourth-order valence-electron chi connectivity index (χ4n) is 2.27. The molecule has 2 rings (SSSR count). The molecule has 0 radical (unpaired) electrons. The zero-order chi connectivity index (χ0) is 9.86. The summed E-state index contributed by atoms with van der Waals surface area (Å²) in [6, 6.07) is 0. The molecule has 0 aromatic rings. The minimum Gasteiger partial charge on any atom is -0.377 e. The van der Waals surface area contributed by atoms with Gasteiger partial charge in [-0.05, 0) is 49.7 Å². The first-order valence-corrected chi connectivity index (χ1v) is 6.84. The van der Waals surface area contributed by atoms with E-state index >= 15 is 0 Å². The van der Waals surface area contributed by atoms with E-state index in [-0.39, 0.29) is 5.60 Å². The lowest BCUT2D eigenvalue weighted by atomic mass is 9.80. The van der Waals surface area contributed by atoms with Gasteiger partial charge in [-0.15, -0.1) is 0 Å². The van der Waals surface area contributed by atoms with Crippen LogP contribution in [-0.2, 0) is 4.74 Å². The number of hydrogen-bond donors (Lipinski definition) is 1. The van der Waals surface area contributed by atoms with E-state index in [0.29, 0.717) is 0 Å². The second-order valence-electron chi connectivity index (χ2n) is 4.60. The molecular formula is C11H21NOS. The van der Waals surface area contributed by atoms with Crippen molar-refractivity contribution in [2.75, 3.05) is 31.7 Å². The van der Waals surface area contributed by atoms with Crippen molar-refractivity contribution >= 4 is 11.8 Å². The zero-order valence-electron chi connectivity index (χ0n) is 9.05. The molecule has 1 atom stereocenters. The van der Waals surface area contributed by atoms with Gasteiger partial charge < -0.3 is 10.1 Å². The summed E-state index contributed by atoms with van der Waals surface area (Å²) < 4.78 is 5.57. The Bertz CT molecular complexity index is 171. The highest BCUT2D eigenvalue weighted by Crippen LogP contribution is 2.34. The van der Waals surface area contributed by atoms with Crippen LogP contribution < -0.4 is 5.32 Å². The molecule has 0 amide bonds. The SMILES string of the molecule is COC1(CNCC2CCSC2)CCC1. The van der Waals surface area contributed by atoms with Crippen LogP contribution in [0.3, 0.4) is 0 Å². The van der Waals surface area contributed by atoms with Crippen LogP contribution in [0.15, 0.2) is 0 Å². The molecule has 1 aliphatic heterocycles. The van der Waals surface area contributed by atoms with Gasteiger partial charge >= 0.3 is 0 Å². The largest absolute Gasteiger partial charge is 0.377 e. The van der Waals surface area contributed by atoms with Crippen molar-refractivity contribution in [3.8, 4) is 0 Å². The molecular weight excluding hydrogens is 194 g/mol. The summed E-state index contributed by atoms with van der Waals surface area (Å²) >= 11 is 2.09. The van der Waals surface area contributed by atoms with Gasteiger partial charge in [0.15, 0.2) is 0 Å². The first kappa shape index (κ1) is 10.8. The van der Waals surface area contributed by atoms with Crippen LogP contribution in [0.4, 0.5) is 0 Å². The summed E-state index contributed by atoms with van der Waals surface area (Å²) in [6.45, 7) is 2.25. The van der Waals surface area contributed by atoms with E-state index in [1.165, 1.54) is 43.7 Å². The molecule has 1 unspecified atom stereocenters. The lowest BCUT2D eigenvalue weighted by molar-refractivity contribution is -0.0695. The molecule has 82 valence electrons. The lowest BCUT2D eigenvalue weighted by Crippen LogP contribution is -2.48. The Morgan fingerprint density at radius 3 is 2.86 bits per heavy atom. The first-order valence-electron chi connectivity index (χ1n) is 5.68. The highest BCUT2D eigenvalue weighted by molar-refractivity contribution is 7.99. The van der Waals surface area contributed by atoms with Crippen LogP contribution in [0.2, 0.25) is 0 Å². The third kappa shape index (κ3) is 2.44. The van der Waals surface area contributed by atoms with Crippen LogP contribution in [0.5, 0.6) is 0 Å². The summed E-state index contributed by atoms with van der Waals surface area (Å²) in [5.41, 5.74) is 0.200. The van der Waals surface area contributed by atoms with E-state index < -0.39 is 0 Å². The molecule has 14 heavy (non-hydrogen) atoms. The van der Waals surface area contributed by atoms with Crippen LogP contribution in [0, 0.1) is 5.92 Å². The molecule has 2 fully saturated rings. The van der Waals surface area contributed by atoms with E-state index in [1.54, 1.807) is 0 Å². The number of rotatable bonds is 5. The second-order valence-corrected chi connectivity index (χ2v) is 5.75. The average Bonchev–Trinajstić information content (AvgIpc) is 2.62. The topological polar surface area (TPSA) is 21.3 Å². The number of methoxy groups -OCH3 is 1. The highest BCUT2D eigenvalue weighted by atomic mass is 32.2. The van der Waals surface area contributed by atoms with Gasteiger partial charge in [0.2, 0.25) is 0 Å². The van der Waals surface area contributed by atoms with Gasteiger partial charge in [-0.2, -0.15) is 11.8 Å². The third-order valence-corrected chi connectivity index (χ3v) is 4.83. The Morgan fingerprint density at radius 1 is 1.50 bits per heavy atom. The molecule has 0 bridgehead atoms. The van der Waals surface area contributed by atoms with Crippen molar-refractivity contribution < 1.29 is 4.74 Å². The Morgan fingerprint density at radius 2 is 2.36 bits per heavy atom. The van der Waals surface area contributed by atoms with Crippen LogP contribution in [0.25, 0.3) is 0 Å². The van der Waals surface area contributed by atoms with Crippen LogP contribution in [0.1, 0.15) is 25.7 Å². The van der Waals surface area contributed by atoms with Gasteiger partial charge in [0.25, 0.3) is 0 Å². The van der Waals surface area contributed by atoms with Crippen LogP contribution in [-0.4, -0.2) is 37.3 Å². The molecule has 2 aliphatic rings. The number of thioether (sulfide) groups is 1. The van der Waals surface area contributed by atoms with Gasteiger partial charge in [-0.1, -0.05) is 0 Å². The van der Waals surface area contributed by atoms with Crippen molar-refractivity contribution in [3.63, 3.8) is 0 Å². The van der Waals surface area contributed by atoms with Crippen molar-refractivity contribution in [1.29, 1.82) is 0 Å². The van der Waals surface area contributed by atoms with E-state index in [1.807, 2.05) is 7.11 Å². The first-order chi connectivity index (χ1) is 6.85. The van der Waals surface area contributed by atoms with E-state index in [4.69, 9.17) is 4.74 Å². The molecule has 2 nitrogen and oxygen atoms in total. The summed E-state index contributed by atoms with van der Waals surface area (Å²) in [5, 5.41) is 3.58. The normalized spacial score (nSPS) is 30.2. The average molecular weight is 215 g/mol. The molecule has 1 N–H and O–H groups in total. The van der Waals surface area contributed by atoms with Gasteiger partial charge in [0, 0.05) is 13.7 Å². The van der Waals surface area contributed by atoms with Crippen molar-refractivity contribution in [1.82, 2.24) is 5.32 Å². The zero-order valence-corrected chi connectivity index (χ0v) is 9.87. The Labute approximate surface area is 91.2 Å². The van der Waals surface area contributed by atoms with Crippen molar-refractivity contribution in [2.45, 2.75) is 31.3 Å². The molecule has 1 saturated heterocycles. The summed E-state index contributed by atoms with van der Waals surface area (Å²) in [5.74, 6) is 3.63. The predicted molar refractivity (Wildman–Crippen MR) is 61.9 cm³/mol. The smallest absolute Gasteiger partial charge is 0.0802 e. The maximum Gasteiger partial charge on any atom is 0.0802 e. The molecule has 0 aromatic heterocycles. The lowest BCUT2D eigenvalue weighted by Gasteiger charge is -2.40. The number of nitrogens with one attached hydrogen (secondary N) is 1. The molecule has 1 saturated carbocycles. The van der Waals surface area contributed by atoms with Gasteiger partial charge in [0.05, 0.1) is 5.60 Å². The number of hydrogen-bond acceptors (Lipinski definition) is 3. The number of ether oxygens (including phenoxy) is 1. The molecule has 1 aliphatic carbocycles. The van der Waals surface area contributed by atoms with Crippen LogP contribution >= 0.6 is 11.8 Å². The van der Waals surface area contributed by atoms with Gasteiger partial charge in [-0.25, -0.2) is 0 Å². The van der Waals surface area contributed by atoms with Crippen molar-refractivity contribution in [3.05, 3.63) is 0 Å². The van der Waals surface area contributed by atoms with Gasteiger partial charge in [-0.3, -0.25) is 0 Å². The Hall–Kier alpha value is 0.270. The summed E-state index contributed by atoms with van der Waals surface area (Å²) in [6.07, 6.45) is 5.23. The van der Waals surface area contributed by atoms with Crippen molar-refractivity contribution in [2.24, 2.45) is 5.92 Å². The fraction of sp³-hybridized carbons (Fsp3) is 1.00. The molecule has 0 aromatic carbocycles. The monoisotopic (exact) mass is 215 g/mol. The summed E-state index contributed by atoms with van der Waals surface area (Å²) in [7, 11) is 1.85. The minimum atomic E-state index is 0.200. The standard InChI is InChI=1S/C11H21NOS/c1-13-11(4-2-5-11)9-12-7-10-3-6-14-8-10/h10,12H,2-9H2,1H3. The van der Waals surface area contributed by atoms with E-state index in [2.05, 4.69) is 17.1 Å². The maximum atomic E-state index is 5.57. The minimum absolute atomic E-state index is 0.200. The Balaban J connectivity index is 1.61. The van der Waals surface area contributed by atoms with Gasteiger partial charge in [0.1, 0.15) is 0 Å². The third-order valence-electron chi connectivity index (χ3n) is 3.60. The van der Waals surface area contributed by atoms with E-state index in [0.717, 1.165) is 12.5 Å². The molecule has 3 heteroatoms. The molecule has 1 heterocycles. The van der Waals surface area contributed by atoms with E-state index in [9.17, 15) is 0 Å². The predicted octanol–water partition coefficient (Wildman–Crippen LogP) is 1.90. The quantitative estimate of drug-likeness (QED) is 0.757. The summed E-state index contributed by atoms with van der Waals surface area (Å²) in [4.78, 5) is 0. The maximum absolute atomic E-state index is 5.57. The molecule has 0 spiro atoms. The Kier molecular flexibility index (Phi) is 3.74.